The molecule has 0 atom stereocenters. The Hall–Kier alpha value is -1.85. The topological polar surface area (TPSA) is 57.8 Å². The van der Waals surface area contributed by atoms with Crippen LogP contribution in [-0.2, 0) is 6.54 Å². The van der Waals surface area contributed by atoms with E-state index >= 15 is 0 Å². The number of aromatic amines is 1. The molecule has 21 heavy (non-hydrogen) atoms. The zero-order chi connectivity index (χ0) is 14.8. The van der Waals surface area contributed by atoms with Crippen LogP contribution in [0.15, 0.2) is 51.7 Å². The predicted octanol–water partition coefficient (Wildman–Crippen LogP) is 3.95. The lowest BCUT2D eigenvalue weighted by atomic mass is 10.2. The van der Waals surface area contributed by atoms with Crippen molar-refractivity contribution in [2.45, 2.75) is 6.54 Å². The van der Waals surface area contributed by atoms with Gasteiger partial charge in [0.1, 0.15) is 5.82 Å². The van der Waals surface area contributed by atoms with Gasteiger partial charge in [0.2, 0.25) is 0 Å². The number of hydrogen-bond acceptors (Lipinski definition) is 3. The number of aromatic nitrogens is 2. The Balaban J connectivity index is 1.88. The van der Waals surface area contributed by atoms with Crippen LogP contribution in [0.1, 0.15) is 5.82 Å². The number of nitrogens with zero attached hydrogens (tertiary/aromatic N) is 1. The summed E-state index contributed by atoms with van der Waals surface area (Å²) in [4.78, 5) is 19.2. The zero-order valence-corrected chi connectivity index (χ0v) is 13.2. The first-order valence-electron chi connectivity index (χ1n) is 6.30. The molecule has 0 aliphatic carbocycles. The molecule has 106 valence electrons. The lowest BCUT2D eigenvalue weighted by Crippen LogP contribution is -2.14. The van der Waals surface area contributed by atoms with E-state index in [2.05, 4.69) is 31.2 Å². The number of H-pyrrole nitrogens is 1. The molecular formula is C15H11BrClN3O. The van der Waals surface area contributed by atoms with Crippen molar-refractivity contribution in [2.24, 2.45) is 0 Å². The minimum absolute atomic E-state index is 0.141. The molecule has 2 aromatic carbocycles. The molecule has 1 aromatic heterocycles. The van der Waals surface area contributed by atoms with Gasteiger partial charge in [0.15, 0.2) is 0 Å². The van der Waals surface area contributed by atoms with Gasteiger partial charge in [-0.05, 0) is 30.3 Å². The Labute approximate surface area is 134 Å². The lowest BCUT2D eigenvalue weighted by molar-refractivity contribution is 0.953. The maximum absolute atomic E-state index is 12.0. The molecule has 0 saturated heterocycles. The van der Waals surface area contributed by atoms with Gasteiger partial charge in [-0.1, -0.05) is 39.7 Å². The van der Waals surface area contributed by atoms with Crippen LogP contribution < -0.4 is 10.9 Å². The first kappa shape index (κ1) is 14.1. The molecular weight excluding hydrogens is 354 g/mol. The van der Waals surface area contributed by atoms with Crippen molar-refractivity contribution < 1.29 is 0 Å². The fourth-order valence-electron chi connectivity index (χ4n) is 2.03. The molecule has 0 saturated carbocycles. The molecule has 0 aliphatic heterocycles. The van der Waals surface area contributed by atoms with Gasteiger partial charge >= 0.3 is 0 Å². The van der Waals surface area contributed by atoms with E-state index in [1.54, 1.807) is 12.1 Å². The lowest BCUT2D eigenvalue weighted by Gasteiger charge is -2.09. The molecule has 1 heterocycles. The first-order valence-corrected chi connectivity index (χ1v) is 7.47. The second-order valence-corrected chi connectivity index (χ2v) is 5.83. The van der Waals surface area contributed by atoms with Crippen LogP contribution in [0.5, 0.6) is 0 Å². The van der Waals surface area contributed by atoms with Gasteiger partial charge < -0.3 is 10.3 Å². The normalized spacial score (nSPS) is 10.8. The molecule has 0 aliphatic rings. The van der Waals surface area contributed by atoms with Crippen molar-refractivity contribution in [3.05, 3.63) is 68.1 Å². The largest absolute Gasteiger partial charge is 0.377 e. The van der Waals surface area contributed by atoms with Crippen molar-refractivity contribution in [1.82, 2.24) is 9.97 Å². The SMILES string of the molecule is O=c1[nH]c(CNc2cc(Br)ccc2Cl)nc2ccccc12. The molecule has 0 radical (unpaired) electrons. The Bertz CT molecular complexity index is 863. The van der Waals surface area contributed by atoms with E-state index in [1.807, 2.05) is 30.3 Å². The van der Waals surface area contributed by atoms with Gasteiger partial charge in [-0.25, -0.2) is 4.98 Å². The first-order chi connectivity index (χ1) is 10.1. The summed E-state index contributed by atoms with van der Waals surface area (Å²) in [5.41, 5.74) is 1.32. The molecule has 4 nitrogen and oxygen atoms in total. The molecule has 3 rings (SSSR count). The monoisotopic (exact) mass is 363 g/mol. The molecule has 3 aromatic rings. The molecule has 2 N–H and O–H groups in total. The van der Waals surface area contributed by atoms with Crippen LogP contribution in [0.25, 0.3) is 10.9 Å². The maximum atomic E-state index is 12.0. The van der Waals surface area contributed by atoms with Crippen LogP contribution in [0, 0.1) is 0 Å². The number of halogens is 2. The van der Waals surface area contributed by atoms with E-state index in [9.17, 15) is 4.79 Å². The van der Waals surface area contributed by atoms with E-state index in [4.69, 9.17) is 11.6 Å². The van der Waals surface area contributed by atoms with Gasteiger partial charge in [-0.3, -0.25) is 4.79 Å². The smallest absolute Gasteiger partial charge is 0.258 e. The average Bonchev–Trinajstić information content (AvgIpc) is 2.48. The fourth-order valence-corrected chi connectivity index (χ4v) is 2.58. The van der Waals surface area contributed by atoms with Gasteiger partial charge in [-0.15, -0.1) is 0 Å². The molecule has 0 bridgehead atoms. The predicted molar refractivity (Wildman–Crippen MR) is 88.8 cm³/mol. The average molecular weight is 365 g/mol. The third-order valence-electron chi connectivity index (χ3n) is 3.04. The van der Waals surface area contributed by atoms with E-state index in [-0.39, 0.29) is 5.56 Å². The van der Waals surface area contributed by atoms with Crippen molar-refractivity contribution in [1.29, 1.82) is 0 Å². The summed E-state index contributed by atoms with van der Waals surface area (Å²) >= 11 is 9.51. The maximum Gasteiger partial charge on any atom is 0.258 e. The Morgan fingerprint density at radius 2 is 2.05 bits per heavy atom. The van der Waals surface area contributed by atoms with E-state index in [0.717, 1.165) is 10.2 Å². The summed E-state index contributed by atoms with van der Waals surface area (Å²) in [6.45, 7) is 0.385. The number of hydrogen-bond donors (Lipinski definition) is 2. The molecule has 0 unspecified atom stereocenters. The van der Waals surface area contributed by atoms with E-state index < -0.39 is 0 Å². The summed E-state index contributed by atoms with van der Waals surface area (Å²) < 4.78 is 0.925. The highest BCUT2D eigenvalue weighted by Crippen LogP contribution is 2.25. The minimum atomic E-state index is -0.141. The summed E-state index contributed by atoms with van der Waals surface area (Å²) in [6.07, 6.45) is 0. The third kappa shape index (κ3) is 3.09. The van der Waals surface area contributed by atoms with E-state index in [1.165, 1.54) is 0 Å². The van der Waals surface area contributed by atoms with Crippen molar-refractivity contribution in [2.75, 3.05) is 5.32 Å². The number of para-hydroxylation sites is 1. The number of benzene rings is 2. The highest BCUT2D eigenvalue weighted by Gasteiger charge is 2.05. The van der Waals surface area contributed by atoms with Crippen LogP contribution in [-0.4, -0.2) is 9.97 Å². The quantitative estimate of drug-likeness (QED) is 0.740. The molecule has 0 fully saturated rings. The number of rotatable bonds is 3. The Kier molecular flexibility index (Phi) is 3.94. The highest BCUT2D eigenvalue weighted by atomic mass is 79.9. The van der Waals surface area contributed by atoms with Crippen molar-refractivity contribution >= 4 is 44.1 Å². The molecule has 6 heteroatoms. The number of fused-ring (bicyclic) bond motifs is 1. The highest BCUT2D eigenvalue weighted by molar-refractivity contribution is 9.10. The van der Waals surface area contributed by atoms with Gasteiger partial charge in [0, 0.05) is 4.47 Å². The van der Waals surface area contributed by atoms with Crippen LogP contribution in [0.2, 0.25) is 5.02 Å². The van der Waals surface area contributed by atoms with Crippen LogP contribution in [0.3, 0.4) is 0 Å². The molecule has 0 amide bonds. The van der Waals surface area contributed by atoms with Gasteiger partial charge in [0.05, 0.1) is 28.2 Å². The second-order valence-electron chi connectivity index (χ2n) is 4.51. The van der Waals surface area contributed by atoms with Gasteiger partial charge in [0.25, 0.3) is 5.56 Å². The summed E-state index contributed by atoms with van der Waals surface area (Å²) in [5, 5.41) is 4.36. The number of anilines is 1. The standard InChI is InChI=1S/C15H11BrClN3O/c16-9-5-6-11(17)13(7-9)18-8-14-19-12-4-2-1-3-10(12)15(21)20-14/h1-7,18H,8H2,(H,19,20,21). The van der Waals surface area contributed by atoms with Crippen molar-refractivity contribution in [3.8, 4) is 0 Å². The summed E-state index contributed by atoms with van der Waals surface area (Å²) in [7, 11) is 0. The number of nitrogens with one attached hydrogen (secondary N) is 2. The molecule has 0 spiro atoms. The van der Waals surface area contributed by atoms with Crippen molar-refractivity contribution in [3.63, 3.8) is 0 Å². The summed E-state index contributed by atoms with van der Waals surface area (Å²) in [6, 6.07) is 12.8. The minimum Gasteiger partial charge on any atom is -0.377 e. The zero-order valence-electron chi connectivity index (χ0n) is 10.9. The van der Waals surface area contributed by atoms with Gasteiger partial charge in [-0.2, -0.15) is 0 Å². The van der Waals surface area contributed by atoms with E-state index in [0.29, 0.717) is 28.3 Å². The second kappa shape index (κ2) is 5.87. The van der Waals surface area contributed by atoms with Crippen LogP contribution >= 0.6 is 27.5 Å². The fraction of sp³-hybridized carbons (Fsp3) is 0.0667. The third-order valence-corrected chi connectivity index (χ3v) is 3.86. The Morgan fingerprint density at radius 3 is 2.90 bits per heavy atom. The van der Waals surface area contributed by atoms with Crippen LogP contribution in [0.4, 0.5) is 5.69 Å². The summed E-state index contributed by atoms with van der Waals surface area (Å²) in [5.74, 6) is 0.565. The Morgan fingerprint density at radius 1 is 1.24 bits per heavy atom.